The second kappa shape index (κ2) is 7.35. The molecule has 0 aromatic heterocycles. The number of fused-ring (bicyclic) bond motifs is 2. The Balaban J connectivity index is 1.30. The van der Waals surface area contributed by atoms with E-state index in [4.69, 9.17) is 4.74 Å². The highest BCUT2D eigenvalue weighted by Crippen LogP contribution is 2.26. The van der Waals surface area contributed by atoms with Crippen LogP contribution in [0.15, 0.2) is 42.5 Å². The summed E-state index contributed by atoms with van der Waals surface area (Å²) in [7, 11) is 0. The lowest BCUT2D eigenvalue weighted by molar-refractivity contribution is -0.134. The van der Waals surface area contributed by atoms with Crippen LogP contribution in [0.3, 0.4) is 0 Å². The third kappa shape index (κ3) is 3.50. The number of carbonyl (C=O) groups is 3. The van der Waals surface area contributed by atoms with Crippen molar-refractivity contribution in [2.45, 2.75) is 38.5 Å². The lowest BCUT2D eigenvalue weighted by Gasteiger charge is -2.16. The molecule has 2 amide bonds. The smallest absolute Gasteiger partial charge is 0.311 e. The van der Waals surface area contributed by atoms with Gasteiger partial charge in [-0.2, -0.15) is 0 Å². The van der Waals surface area contributed by atoms with E-state index in [1.807, 2.05) is 18.2 Å². The fourth-order valence-corrected chi connectivity index (χ4v) is 3.78. The fraction of sp³-hybridized carbons (Fsp3) is 0.318. The Kier molecular flexibility index (Phi) is 4.75. The first kappa shape index (κ1) is 17.5. The van der Waals surface area contributed by atoms with Crippen LogP contribution in [0, 0.1) is 0 Å². The van der Waals surface area contributed by atoms with Crippen LogP contribution in [0.25, 0.3) is 0 Å². The normalized spacial score (nSPS) is 15.5. The van der Waals surface area contributed by atoms with E-state index in [9.17, 15) is 14.4 Å². The van der Waals surface area contributed by atoms with Crippen molar-refractivity contribution < 1.29 is 19.1 Å². The van der Waals surface area contributed by atoms with E-state index in [0.29, 0.717) is 23.3 Å². The summed E-state index contributed by atoms with van der Waals surface area (Å²) in [6.07, 6.45) is 5.04. The van der Waals surface area contributed by atoms with Gasteiger partial charge in [0, 0.05) is 13.0 Å². The molecule has 0 atom stereocenters. The topological polar surface area (TPSA) is 63.7 Å². The van der Waals surface area contributed by atoms with E-state index < -0.39 is 0 Å². The van der Waals surface area contributed by atoms with Gasteiger partial charge in [-0.15, -0.1) is 0 Å². The number of ether oxygens (including phenoxy) is 1. The van der Waals surface area contributed by atoms with E-state index in [1.54, 1.807) is 24.3 Å². The molecular formula is C22H21NO4. The van der Waals surface area contributed by atoms with Gasteiger partial charge < -0.3 is 4.74 Å². The molecule has 0 N–H and O–H groups in total. The number of carbonyl (C=O) groups excluding carboxylic acids is 3. The minimum atomic E-state index is -0.345. The molecule has 1 aliphatic carbocycles. The molecule has 5 nitrogen and oxygen atoms in total. The highest BCUT2D eigenvalue weighted by molar-refractivity contribution is 6.21. The molecule has 0 saturated heterocycles. The van der Waals surface area contributed by atoms with Gasteiger partial charge in [0.25, 0.3) is 11.8 Å². The summed E-state index contributed by atoms with van der Waals surface area (Å²) in [5.74, 6) is -0.360. The van der Waals surface area contributed by atoms with Gasteiger partial charge in [-0.25, -0.2) is 0 Å². The summed E-state index contributed by atoms with van der Waals surface area (Å²) < 4.78 is 5.43. The molecule has 1 aliphatic heterocycles. The number of hydrogen-bond acceptors (Lipinski definition) is 4. The van der Waals surface area contributed by atoms with Gasteiger partial charge in [-0.05, 0) is 67.5 Å². The fourth-order valence-electron chi connectivity index (χ4n) is 3.78. The third-order valence-corrected chi connectivity index (χ3v) is 5.19. The summed E-state index contributed by atoms with van der Waals surface area (Å²) in [5.41, 5.74) is 3.46. The van der Waals surface area contributed by atoms with Crippen molar-refractivity contribution in [1.82, 2.24) is 4.90 Å². The van der Waals surface area contributed by atoms with Crippen molar-refractivity contribution in [3.63, 3.8) is 0 Å². The predicted octanol–water partition coefficient (Wildman–Crippen LogP) is 3.55. The molecule has 0 unspecified atom stereocenters. The van der Waals surface area contributed by atoms with Crippen LogP contribution in [-0.4, -0.2) is 29.2 Å². The maximum Gasteiger partial charge on any atom is 0.311 e. The van der Waals surface area contributed by atoms with Crippen molar-refractivity contribution in [3.8, 4) is 5.75 Å². The molecule has 0 fully saturated rings. The van der Waals surface area contributed by atoms with Gasteiger partial charge in [0.2, 0.25) is 0 Å². The third-order valence-electron chi connectivity index (χ3n) is 5.19. The monoisotopic (exact) mass is 363 g/mol. The lowest BCUT2D eigenvalue weighted by Crippen LogP contribution is -2.31. The van der Waals surface area contributed by atoms with Crippen LogP contribution < -0.4 is 4.74 Å². The lowest BCUT2D eigenvalue weighted by atomic mass is 9.92. The Bertz CT molecular complexity index is 883. The molecular weight excluding hydrogens is 342 g/mol. The Hall–Kier alpha value is -2.95. The molecule has 0 bridgehead atoms. The van der Waals surface area contributed by atoms with E-state index in [0.717, 1.165) is 12.8 Å². The summed E-state index contributed by atoms with van der Waals surface area (Å²) in [6.45, 7) is 0.214. The number of benzene rings is 2. The average molecular weight is 363 g/mol. The molecule has 2 aliphatic rings. The van der Waals surface area contributed by atoms with Gasteiger partial charge >= 0.3 is 5.97 Å². The average Bonchev–Trinajstić information content (AvgIpc) is 2.93. The van der Waals surface area contributed by atoms with Gasteiger partial charge in [0.15, 0.2) is 0 Å². The molecule has 138 valence electrons. The molecule has 0 radical (unpaired) electrons. The number of rotatable bonds is 5. The van der Waals surface area contributed by atoms with Crippen molar-refractivity contribution in [3.05, 3.63) is 64.7 Å². The Labute approximate surface area is 157 Å². The second-order valence-corrected chi connectivity index (χ2v) is 7.02. The van der Waals surface area contributed by atoms with E-state index >= 15 is 0 Å². The van der Waals surface area contributed by atoms with Crippen molar-refractivity contribution >= 4 is 17.8 Å². The van der Waals surface area contributed by atoms with E-state index in [1.165, 1.54) is 28.9 Å². The first-order chi connectivity index (χ1) is 13.1. The summed E-state index contributed by atoms with van der Waals surface area (Å²) >= 11 is 0. The molecule has 4 rings (SSSR count). The minimum absolute atomic E-state index is 0.157. The number of hydrogen-bond donors (Lipinski definition) is 0. The molecule has 1 heterocycles. The SMILES string of the molecule is O=C(CCCN1C(=O)c2ccccc2C1=O)Oc1ccc2c(c1)CCCC2. The first-order valence-electron chi connectivity index (χ1n) is 9.41. The van der Waals surface area contributed by atoms with Gasteiger partial charge in [0.05, 0.1) is 11.1 Å². The highest BCUT2D eigenvalue weighted by Gasteiger charge is 2.34. The van der Waals surface area contributed by atoms with Crippen molar-refractivity contribution in [2.75, 3.05) is 6.54 Å². The zero-order chi connectivity index (χ0) is 18.8. The number of esters is 1. The Morgan fingerprint density at radius 2 is 1.59 bits per heavy atom. The van der Waals surface area contributed by atoms with E-state index in [2.05, 4.69) is 0 Å². The van der Waals surface area contributed by atoms with Gasteiger partial charge in [0.1, 0.15) is 5.75 Å². The van der Waals surface area contributed by atoms with Crippen molar-refractivity contribution in [1.29, 1.82) is 0 Å². The maximum absolute atomic E-state index is 12.3. The summed E-state index contributed by atoms with van der Waals surface area (Å²) in [5, 5.41) is 0. The number of amides is 2. The van der Waals surface area contributed by atoms with Crippen molar-refractivity contribution in [2.24, 2.45) is 0 Å². The minimum Gasteiger partial charge on any atom is -0.427 e. The molecule has 0 saturated carbocycles. The molecule has 2 aromatic carbocycles. The molecule has 27 heavy (non-hydrogen) atoms. The highest BCUT2D eigenvalue weighted by atomic mass is 16.5. The van der Waals surface area contributed by atoms with Crippen LogP contribution in [0.1, 0.15) is 57.5 Å². The quantitative estimate of drug-likeness (QED) is 0.463. The number of nitrogens with zero attached hydrogens (tertiary/aromatic N) is 1. The van der Waals surface area contributed by atoms with Crippen LogP contribution in [0.2, 0.25) is 0 Å². The number of imide groups is 1. The zero-order valence-corrected chi connectivity index (χ0v) is 15.1. The summed E-state index contributed by atoms with van der Waals surface area (Å²) in [6, 6.07) is 12.6. The van der Waals surface area contributed by atoms with E-state index in [-0.39, 0.29) is 30.7 Å². The zero-order valence-electron chi connectivity index (χ0n) is 15.1. The molecule has 0 spiro atoms. The Morgan fingerprint density at radius 1 is 0.926 bits per heavy atom. The van der Waals surface area contributed by atoms with Gasteiger partial charge in [-0.3, -0.25) is 19.3 Å². The predicted molar refractivity (Wildman–Crippen MR) is 99.8 cm³/mol. The van der Waals surface area contributed by atoms with Crippen LogP contribution in [0.5, 0.6) is 5.75 Å². The second-order valence-electron chi connectivity index (χ2n) is 7.02. The molecule has 2 aromatic rings. The first-order valence-corrected chi connectivity index (χ1v) is 9.41. The summed E-state index contributed by atoms with van der Waals surface area (Å²) in [4.78, 5) is 37.9. The molecule has 5 heteroatoms. The Morgan fingerprint density at radius 3 is 2.30 bits per heavy atom. The largest absolute Gasteiger partial charge is 0.427 e. The number of aryl methyl sites for hydroxylation is 2. The standard InChI is InChI=1S/C22H21NO4/c24-20(27-17-12-11-15-6-1-2-7-16(15)14-17)10-5-13-23-21(25)18-8-3-4-9-19(18)22(23)26/h3-4,8-9,11-12,14H,1-2,5-7,10,13H2. The maximum atomic E-state index is 12.3. The van der Waals surface area contributed by atoms with Gasteiger partial charge in [-0.1, -0.05) is 18.2 Å². The van der Waals surface area contributed by atoms with Crippen LogP contribution in [0.4, 0.5) is 0 Å². The van der Waals surface area contributed by atoms with Crippen LogP contribution >= 0.6 is 0 Å². The van der Waals surface area contributed by atoms with Crippen LogP contribution in [-0.2, 0) is 17.6 Å².